The van der Waals surface area contributed by atoms with E-state index in [9.17, 15) is 24.4 Å². The van der Waals surface area contributed by atoms with E-state index in [2.05, 4.69) is 31.4 Å². The number of hydrogen-bond donors (Lipinski definition) is 4. The van der Waals surface area contributed by atoms with Gasteiger partial charge in [0.2, 0.25) is 11.8 Å². The largest absolute Gasteiger partial charge is 0.475 e. The zero-order valence-corrected chi connectivity index (χ0v) is 25.5. The predicted octanol–water partition coefficient (Wildman–Crippen LogP) is 3.13. The summed E-state index contributed by atoms with van der Waals surface area (Å²) in [6.45, 7) is 8.01. The Bertz CT molecular complexity index is 1050. The maximum absolute atomic E-state index is 14.1. The zero-order chi connectivity index (χ0) is 30.3. The summed E-state index contributed by atoms with van der Waals surface area (Å²) in [6, 6.07) is 6.55. The molecule has 3 aliphatic rings. The minimum absolute atomic E-state index is 0.0345. The Morgan fingerprint density at radius 1 is 1.00 bits per heavy atom. The molecule has 0 radical (unpaired) electrons. The molecule has 2 saturated heterocycles. The van der Waals surface area contributed by atoms with Crippen LogP contribution in [0.1, 0.15) is 96.1 Å². The number of nitrogens with one attached hydrogen (secondary N) is 2. The molecule has 0 saturated carbocycles. The average molecular weight is 585 g/mol. The lowest BCUT2D eigenvalue weighted by molar-refractivity contribution is -0.140. The number of ether oxygens (including phenoxy) is 1. The third kappa shape index (κ3) is 8.94. The number of carbonyl (C=O) groups excluding carboxylic acids is 3. The van der Waals surface area contributed by atoms with Gasteiger partial charge >= 0.3 is 13.2 Å². The van der Waals surface area contributed by atoms with Crippen molar-refractivity contribution in [3.05, 3.63) is 35.4 Å². The van der Waals surface area contributed by atoms with Gasteiger partial charge in [0.05, 0.1) is 18.5 Å². The predicted molar refractivity (Wildman–Crippen MR) is 161 cm³/mol. The minimum Gasteiger partial charge on any atom is -0.444 e. The van der Waals surface area contributed by atoms with E-state index in [1.54, 1.807) is 9.80 Å². The van der Waals surface area contributed by atoms with Crippen molar-refractivity contribution in [2.24, 2.45) is 5.41 Å². The Morgan fingerprint density at radius 3 is 2.19 bits per heavy atom. The smallest absolute Gasteiger partial charge is 0.444 e. The summed E-state index contributed by atoms with van der Waals surface area (Å²) in [5, 5.41) is 26.3. The van der Waals surface area contributed by atoms with Crippen molar-refractivity contribution in [3.63, 3.8) is 0 Å². The molecule has 1 aromatic rings. The van der Waals surface area contributed by atoms with Gasteiger partial charge in [0.15, 0.2) is 0 Å². The number of fused-ring (bicyclic) bond motifs is 2. The van der Waals surface area contributed by atoms with Crippen molar-refractivity contribution in [1.82, 2.24) is 20.4 Å². The summed E-state index contributed by atoms with van der Waals surface area (Å²) in [5.41, 5.74) is 2.13. The highest BCUT2D eigenvalue weighted by atomic mass is 16.6. The number of hydrogen-bond acceptors (Lipinski definition) is 7. The molecule has 0 aromatic heterocycles. The third-order valence-electron chi connectivity index (χ3n) is 8.59. The number of rotatable bonds is 4. The summed E-state index contributed by atoms with van der Waals surface area (Å²) in [7, 11) is -1.70. The first-order chi connectivity index (χ1) is 20.0. The molecule has 3 aliphatic heterocycles. The standard InChI is InChI=1S/C31H49BN4O6/c1-31(2,3)21-33-25-15-9-7-5-4-6-8-10-16-27(32(40)41)34-28(37)26-17-24(20-36(26)29(25)38)42-30(39)35-18-22-13-11-12-14-23(22)19-35/h11-14,24-27,33,40-41H,4-10,15-21H2,1-3H3,(H,34,37)/t24-,25?,26+,27-/m1/s1. The van der Waals surface area contributed by atoms with Gasteiger partial charge in [0.1, 0.15) is 12.1 Å². The van der Waals surface area contributed by atoms with E-state index in [-0.39, 0.29) is 24.3 Å². The van der Waals surface area contributed by atoms with Crippen LogP contribution in [0.5, 0.6) is 0 Å². The van der Waals surface area contributed by atoms with Gasteiger partial charge in [-0.15, -0.1) is 0 Å². The fourth-order valence-corrected chi connectivity index (χ4v) is 6.17. The van der Waals surface area contributed by atoms with Gasteiger partial charge in [-0.05, 0) is 29.4 Å². The van der Waals surface area contributed by atoms with Crippen molar-refractivity contribution in [2.45, 2.75) is 122 Å². The number of benzene rings is 1. The Morgan fingerprint density at radius 2 is 1.60 bits per heavy atom. The molecule has 232 valence electrons. The summed E-state index contributed by atoms with van der Waals surface area (Å²) in [4.78, 5) is 44.0. The highest BCUT2D eigenvalue weighted by molar-refractivity contribution is 6.43. The monoisotopic (exact) mass is 584 g/mol. The van der Waals surface area contributed by atoms with Crippen molar-refractivity contribution in [1.29, 1.82) is 0 Å². The van der Waals surface area contributed by atoms with Crippen LogP contribution in [0.25, 0.3) is 0 Å². The number of nitrogens with zero attached hydrogens (tertiary/aromatic N) is 2. The van der Waals surface area contributed by atoms with Gasteiger partial charge < -0.3 is 30.3 Å². The molecule has 2 fully saturated rings. The van der Waals surface area contributed by atoms with Crippen LogP contribution < -0.4 is 10.6 Å². The molecular formula is C31H49BN4O6. The highest BCUT2D eigenvalue weighted by Crippen LogP contribution is 2.27. The fraction of sp³-hybridized carbons (Fsp3) is 0.710. The maximum Gasteiger partial charge on any atom is 0.475 e. The molecule has 11 heteroatoms. The maximum atomic E-state index is 14.1. The first-order valence-corrected chi connectivity index (χ1v) is 15.7. The molecule has 4 N–H and O–H groups in total. The highest BCUT2D eigenvalue weighted by Gasteiger charge is 2.44. The van der Waals surface area contributed by atoms with E-state index in [1.165, 1.54) is 0 Å². The SMILES string of the molecule is CC(C)(C)CNC1CCCCCCCCC[C@H](B(O)O)NC(=O)[C@@H]2C[C@@H](OC(=O)N3Cc4ccccc4C3)CN2C1=O. The van der Waals surface area contributed by atoms with Crippen molar-refractivity contribution >= 4 is 25.0 Å². The second-order valence-corrected chi connectivity index (χ2v) is 13.4. The summed E-state index contributed by atoms with van der Waals surface area (Å²) in [5.74, 6) is -1.46. The van der Waals surface area contributed by atoms with E-state index >= 15 is 0 Å². The van der Waals surface area contributed by atoms with E-state index in [0.717, 1.165) is 56.1 Å². The second kappa shape index (κ2) is 14.7. The molecule has 0 aliphatic carbocycles. The van der Waals surface area contributed by atoms with E-state index in [4.69, 9.17) is 4.74 Å². The molecule has 0 bridgehead atoms. The van der Waals surface area contributed by atoms with Gasteiger partial charge in [-0.3, -0.25) is 14.5 Å². The number of amides is 3. The van der Waals surface area contributed by atoms with E-state index in [0.29, 0.717) is 32.5 Å². The Balaban J connectivity index is 1.52. The molecule has 1 aromatic carbocycles. The van der Waals surface area contributed by atoms with Crippen LogP contribution in [0.2, 0.25) is 0 Å². The van der Waals surface area contributed by atoms with Crippen LogP contribution >= 0.6 is 0 Å². The molecular weight excluding hydrogens is 535 g/mol. The summed E-state index contributed by atoms with van der Waals surface area (Å²) >= 11 is 0. The topological polar surface area (TPSA) is 131 Å². The Labute approximate surface area is 250 Å². The average Bonchev–Trinajstić information content (AvgIpc) is 3.56. The molecule has 10 nitrogen and oxygen atoms in total. The van der Waals surface area contributed by atoms with Gasteiger partial charge in [0.25, 0.3) is 0 Å². The van der Waals surface area contributed by atoms with Gasteiger partial charge in [-0.2, -0.15) is 0 Å². The summed E-state index contributed by atoms with van der Waals surface area (Å²) < 4.78 is 5.90. The quantitative estimate of drug-likeness (QED) is 0.400. The van der Waals surface area contributed by atoms with Crippen molar-refractivity contribution in [2.75, 3.05) is 13.1 Å². The van der Waals surface area contributed by atoms with Gasteiger partial charge in [-0.1, -0.05) is 90.0 Å². The third-order valence-corrected chi connectivity index (χ3v) is 8.59. The molecule has 0 spiro atoms. The zero-order valence-electron chi connectivity index (χ0n) is 25.5. The van der Waals surface area contributed by atoms with Gasteiger partial charge in [0, 0.05) is 26.1 Å². The number of carbonyl (C=O) groups is 3. The van der Waals surface area contributed by atoms with Crippen LogP contribution in [0.4, 0.5) is 4.79 Å². The molecule has 1 unspecified atom stereocenters. The van der Waals surface area contributed by atoms with Gasteiger partial charge in [-0.25, -0.2) is 4.79 Å². The van der Waals surface area contributed by atoms with Crippen LogP contribution in [-0.2, 0) is 27.4 Å². The first-order valence-electron chi connectivity index (χ1n) is 15.7. The molecule has 4 rings (SSSR count). The molecule has 42 heavy (non-hydrogen) atoms. The normalized spacial score (nSPS) is 26.4. The van der Waals surface area contributed by atoms with Crippen LogP contribution in [0.3, 0.4) is 0 Å². The fourth-order valence-electron chi connectivity index (χ4n) is 6.17. The molecule has 3 amide bonds. The lowest BCUT2D eigenvalue weighted by Crippen LogP contribution is -2.56. The lowest BCUT2D eigenvalue weighted by atomic mass is 9.76. The van der Waals surface area contributed by atoms with Crippen molar-refractivity contribution in [3.8, 4) is 0 Å². The van der Waals surface area contributed by atoms with E-state index in [1.807, 2.05) is 24.3 Å². The minimum atomic E-state index is -1.70. The molecule has 3 heterocycles. The van der Waals surface area contributed by atoms with Crippen LogP contribution in [0, 0.1) is 5.41 Å². The van der Waals surface area contributed by atoms with Crippen LogP contribution in [-0.4, -0.2) is 82.1 Å². The van der Waals surface area contributed by atoms with Crippen LogP contribution in [0.15, 0.2) is 24.3 Å². The Hall–Kier alpha value is -2.63. The summed E-state index contributed by atoms with van der Waals surface area (Å²) in [6.07, 6.45) is 7.05. The second-order valence-electron chi connectivity index (χ2n) is 13.4. The Kier molecular flexibility index (Phi) is 11.3. The first kappa shape index (κ1) is 32.3. The van der Waals surface area contributed by atoms with Crippen molar-refractivity contribution < 1.29 is 29.2 Å². The van der Waals surface area contributed by atoms with E-state index < -0.39 is 43.2 Å². The molecule has 4 atom stereocenters. The lowest BCUT2D eigenvalue weighted by Gasteiger charge is -2.31.